The molecule has 0 saturated heterocycles. The minimum Gasteiger partial charge on any atom is -0.367 e. The zero-order valence-corrected chi connectivity index (χ0v) is 12.5. The second-order valence-corrected chi connectivity index (χ2v) is 5.98. The third-order valence-corrected chi connectivity index (χ3v) is 4.39. The molecule has 0 radical (unpaired) electrons. The van der Waals surface area contributed by atoms with Crippen LogP contribution in [0.4, 0.5) is 5.82 Å². The van der Waals surface area contributed by atoms with E-state index in [0.29, 0.717) is 6.04 Å². The summed E-state index contributed by atoms with van der Waals surface area (Å²) in [4.78, 5) is 12.7. The number of nitrogens with zero attached hydrogens (tertiary/aromatic N) is 2. The Labute approximate surface area is 130 Å². The molecule has 2 N–H and O–H groups in total. The predicted molar refractivity (Wildman–Crippen MR) is 89.8 cm³/mol. The highest BCUT2D eigenvalue weighted by Gasteiger charge is 2.16. The summed E-state index contributed by atoms with van der Waals surface area (Å²) in [6.45, 7) is 0. The summed E-state index contributed by atoms with van der Waals surface area (Å²) in [5.41, 5.74) is 1.94. The van der Waals surface area contributed by atoms with E-state index in [-0.39, 0.29) is 0 Å². The summed E-state index contributed by atoms with van der Waals surface area (Å²) in [5.74, 6) is 1.73. The fraction of sp³-hybridized carbons (Fsp3) is 0.333. The van der Waals surface area contributed by atoms with Crippen LogP contribution in [0.15, 0.2) is 42.6 Å². The van der Waals surface area contributed by atoms with Gasteiger partial charge in [-0.15, -0.1) is 0 Å². The maximum absolute atomic E-state index is 4.80. The Morgan fingerprint density at radius 2 is 1.77 bits per heavy atom. The molecule has 1 saturated carbocycles. The van der Waals surface area contributed by atoms with Crippen molar-refractivity contribution in [2.24, 2.45) is 0 Å². The second-order valence-electron chi connectivity index (χ2n) is 5.98. The SMILES string of the molecule is c1ccc(-c2nc(NC3CCCCC3)c3cc[nH]c3n2)cc1. The minimum absolute atomic E-state index is 0.533. The van der Waals surface area contributed by atoms with Crippen molar-refractivity contribution in [2.75, 3.05) is 5.32 Å². The molecule has 0 aliphatic heterocycles. The molecule has 0 amide bonds. The zero-order valence-electron chi connectivity index (χ0n) is 12.5. The Bertz CT molecular complexity index is 757. The van der Waals surface area contributed by atoms with Crippen LogP contribution in [0, 0.1) is 0 Å². The van der Waals surface area contributed by atoms with E-state index in [4.69, 9.17) is 4.98 Å². The van der Waals surface area contributed by atoms with Crippen molar-refractivity contribution in [1.29, 1.82) is 0 Å². The van der Waals surface area contributed by atoms with Crippen LogP contribution in [-0.4, -0.2) is 21.0 Å². The second kappa shape index (κ2) is 5.79. The summed E-state index contributed by atoms with van der Waals surface area (Å²) in [6.07, 6.45) is 8.37. The first kappa shape index (κ1) is 13.3. The molecule has 0 spiro atoms. The first-order chi connectivity index (χ1) is 10.9. The van der Waals surface area contributed by atoms with Crippen LogP contribution in [0.2, 0.25) is 0 Å². The molecular formula is C18H20N4. The van der Waals surface area contributed by atoms with Gasteiger partial charge < -0.3 is 10.3 Å². The largest absolute Gasteiger partial charge is 0.367 e. The minimum atomic E-state index is 0.533. The van der Waals surface area contributed by atoms with Gasteiger partial charge in [0.2, 0.25) is 0 Å². The number of benzene rings is 1. The standard InChI is InChI=1S/C18H20N4/c1-3-7-13(8-4-1)16-21-17-15(11-12-19-17)18(22-16)20-14-9-5-2-6-10-14/h1,3-4,7-8,11-12,14H,2,5-6,9-10H2,(H2,19,20,21,22). The summed E-state index contributed by atoms with van der Waals surface area (Å²) >= 11 is 0. The van der Waals surface area contributed by atoms with Crippen molar-refractivity contribution in [3.63, 3.8) is 0 Å². The number of hydrogen-bond acceptors (Lipinski definition) is 3. The number of aromatic nitrogens is 3. The Morgan fingerprint density at radius 1 is 0.955 bits per heavy atom. The zero-order chi connectivity index (χ0) is 14.8. The molecule has 1 aromatic carbocycles. The lowest BCUT2D eigenvalue weighted by Crippen LogP contribution is -2.23. The third kappa shape index (κ3) is 2.56. The molecule has 1 aliphatic rings. The third-order valence-electron chi connectivity index (χ3n) is 4.39. The highest BCUT2D eigenvalue weighted by molar-refractivity contribution is 5.88. The molecule has 22 heavy (non-hydrogen) atoms. The van der Waals surface area contributed by atoms with Crippen LogP contribution in [0.25, 0.3) is 22.4 Å². The fourth-order valence-electron chi connectivity index (χ4n) is 3.21. The molecule has 0 bridgehead atoms. The van der Waals surface area contributed by atoms with Crippen molar-refractivity contribution in [1.82, 2.24) is 15.0 Å². The average Bonchev–Trinajstić information content (AvgIpc) is 3.05. The molecule has 2 aromatic heterocycles. The molecule has 0 unspecified atom stereocenters. The van der Waals surface area contributed by atoms with E-state index in [2.05, 4.69) is 33.5 Å². The van der Waals surface area contributed by atoms with E-state index in [1.54, 1.807) is 0 Å². The van der Waals surface area contributed by atoms with Crippen LogP contribution in [0.3, 0.4) is 0 Å². The predicted octanol–water partition coefficient (Wildman–Crippen LogP) is 4.37. The number of anilines is 1. The van der Waals surface area contributed by atoms with Gasteiger partial charge in [-0.25, -0.2) is 9.97 Å². The Morgan fingerprint density at radius 3 is 2.59 bits per heavy atom. The van der Waals surface area contributed by atoms with Gasteiger partial charge in [-0.1, -0.05) is 49.6 Å². The fourth-order valence-corrected chi connectivity index (χ4v) is 3.21. The topological polar surface area (TPSA) is 53.6 Å². The van der Waals surface area contributed by atoms with Gasteiger partial charge in [-0.3, -0.25) is 0 Å². The molecule has 4 rings (SSSR count). The van der Waals surface area contributed by atoms with Crippen molar-refractivity contribution in [3.8, 4) is 11.4 Å². The molecule has 4 heteroatoms. The molecule has 112 valence electrons. The molecule has 1 fully saturated rings. The summed E-state index contributed by atoms with van der Waals surface area (Å²) in [7, 11) is 0. The number of hydrogen-bond donors (Lipinski definition) is 2. The van der Waals surface area contributed by atoms with E-state index in [0.717, 1.165) is 28.2 Å². The van der Waals surface area contributed by atoms with Crippen molar-refractivity contribution < 1.29 is 0 Å². The van der Waals surface area contributed by atoms with Crippen LogP contribution in [0.1, 0.15) is 32.1 Å². The number of rotatable bonds is 3. The lowest BCUT2D eigenvalue weighted by Gasteiger charge is -2.23. The average molecular weight is 292 g/mol. The Balaban J connectivity index is 1.74. The van der Waals surface area contributed by atoms with Gasteiger partial charge in [-0.2, -0.15) is 0 Å². The monoisotopic (exact) mass is 292 g/mol. The van der Waals surface area contributed by atoms with E-state index < -0.39 is 0 Å². The van der Waals surface area contributed by atoms with E-state index >= 15 is 0 Å². The van der Waals surface area contributed by atoms with Gasteiger partial charge in [0.25, 0.3) is 0 Å². The van der Waals surface area contributed by atoms with Gasteiger partial charge in [0.15, 0.2) is 5.82 Å². The van der Waals surface area contributed by atoms with Gasteiger partial charge in [0.1, 0.15) is 11.5 Å². The Kier molecular flexibility index (Phi) is 3.51. The molecule has 0 atom stereocenters. The van der Waals surface area contributed by atoms with E-state index in [9.17, 15) is 0 Å². The van der Waals surface area contributed by atoms with Gasteiger partial charge in [0, 0.05) is 17.8 Å². The lowest BCUT2D eigenvalue weighted by molar-refractivity contribution is 0.462. The van der Waals surface area contributed by atoms with Gasteiger partial charge in [0.05, 0.1) is 5.39 Å². The lowest BCUT2D eigenvalue weighted by atomic mass is 9.95. The molecular weight excluding hydrogens is 272 g/mol. The summed E-state index contributed by atoms with van der Waals surface area (Å²) in [5, 5.41) is 4.72. The maximum atomic E-state index is 4.80. The first-order valence-electron chi connectivity index (χ1n) is 8.07. The normalized spacial score (nSPS) is 16.0. The summed E-state index contributed by atoms with van der Waals surface area (Å²) < 4.78 is 0. The highest BCUT2D eigenvalue weighted by Crippen LogP contribution is 2.27. The first-order valence-corrected chi connectivity index (χ1v) is 8.07. The van der Waals surface area contributed by atoms with Crippen LogP contribution in [0.5, 0.6) is 0 Å². The molecule has 1 aliphatic carbocycles. The number of aromatic amines is 1. The van der Waals surface area contributed by atoms with Crippen molar-refractivity contribution in [3.05, 3.63) is 42.6 Å². The molecule has 4 nitrogen and oxygen atoms in total. The van der Waals surface area contributed by atoms with E-state index in [1.807, 2.05) is 24.4 Å². The van der Waals surface area contributed by atoms with Crippen LogP contribution in [-0.2, 0) is 0 Å². The van der Waals surface area contributed by atoms with Gasteiger partial charge in [-0.05, 0) is 18.9 Å². The van der Waals surface area contributed by atoms with Crippen LogP contribution >= 0.6 is 0 Å². The van der Waals surface area contributed by atoms with Crippen LogP contribution < -0.4 is 5.32 Å². The number of H-pyrrole nitrogens is 1. The molecule has 2 heterocycles. The number of fused-ring (bicyclic) bond motifs is 1. The quantitative estimate of drug-likeness (QED) is 0.753. The Hall–Kier alpha value is -2.36. The van der Waals surface area contributed by atoms with E-state index in [1.165, 1.54) is 32.1 Å². The number of nitrogens with one attached hydrogen (secondary N) is 2. The van der Waals surface area contributed by atoms with Crippen molar-refractivity contribution in [2.45, 2.75) is 38.1 Å². The summed E-state index contributed by atoms with van der Waals surface area (Å²) in [6, 6.07) is 12.7. The highest BCUT2D eigenvalue weighted by atomic mass is 15.1. The maximum Gasteiger partial charge on any atom is 0.163 e. The van der Waals surface area contributed by atoms with Crippen molar-refractivity contribution >= 4 is 16.9 Å². The smallest absolute Gasteiger partial charge is 0.163 e. The van der Waals surface area contributed by atoms with Gasteiger partial charge >= 0.3 is 0 Å². The molecule has 3 aromatic rings.